The Morgan fingerprint density at radius 3 is 2.72 bits per heavy atom. The number of fused-ring (bicyclic) bond motifs is 1. The van der Waals surface area contributed by atoms with E-state index in [1.807, 2.05) is 31.5 Å². The van der Waals surface area contributed by atoms with Crippen LogP contribution >= 0.6 is 15.9 Å². The monoisotopic (exact) mass is 408 g/mol. The van der Waals surface area contributed by atoms with Crippen molar-refractivity contribution in [2.45, 2.75) is 38.8 Å². The number of benzene rings is 1. The zero-order valence-corrected chi connectivity index (χ0v) is 16.0. The molecule has 0 aliphatic carbocycles. The van der Waals surface area contributed by atoms with Crippen molar-refractivity contribution in [3.05, 3.63) is 28.4 Å². The summed E-state index contributed by atoms with van der Waals surface area (Å²) in [5.74, 6) is -0.510. The fourth-order valence-electron chi connectivity index (χ4n) is 2.97. The molecule has 0 saturated carbocycles. The van der Waals surface area contributed by atoms with E-state index in [0.717, 1.165) is 16.4 Å². The fourth-order valence-corrected chi connectivity index (χ4v) is 3.66. The molecular formula is C17H21BrN4O3. The number of carbonyl (C=O) groups is 2. The molecule has 0 spiro atoms. The van der Waals surface area contributed by atoms with Gasteiger partial charge in [-0.2, -0.15) is 5.10 Å². The standard InChI is InChI=1S/C17H21BrN4O3/c1-17(2,3)25-16(24)21-8-7-10(9-21)22-14(18)11-5-4-6-12(15(19)23)13(11)20-22/h4-6,10H,7-9H2,1-3H3,(H2,19,23). The Hall–Kier alpha value is -2.09. The highest BCUT2D eigenvalue weighted by molar-refractivity contribution is 9.10. The first-order chi connectivity index (χ1) is 11.7. The van der Waals surface area contributed by atoms with Crippen LogP contribution in [0.15, 0.2) is 22.8 Å². The van der Waals surface area contributed by atoms with Gasteiger partial charge in [0.2, 0.25) is 0 Å². The van der Waals surface area contributed by atoms with Gasteiger partial charge in [0.05, 0.1) is 11.6 Å². The first-order valence-electron chi connectivity index (χ1n) is 8.12. The number of ether oxygens (including phenoxy) is 1. The lowest BCUT2D eigenvalue weighted by atomic mass is 10.1. The number of nitrogens with two attached hydrogens (primary N) is 1. The molecule has 2 heterocycles. The number of halogens is 1. The molecule has 3 rings (SSSR count). The van der Waals surface area contributed by atoms with Crippen molar-refractivity contribution >= 4 is 38.8 Å². The molecule has 1 atom stereocenters. The number of likely N-dealkylation sites (tertiary alicyclic amines) is 1. The van der Waals surface area contributed by atoms with E-state index in [0.29, 0.717) is 24.2 Å². The molecule has 1 aliphatic rings. The summed E-state index contributed by atoms with van der Waals surface area (Å²) >= 11 is 3.56. The number of hydrogen-bond acceptors (Lipinski definition) is 4. The second-order valence-corrected chi connectivity index (χ2v) is 7.92. The Kier molecular flexibility index (Phi) is 4.49. The third-order valence-corrected chi connectivity index (χ3v) is 4.88. The maximum Gasteiger partial charge on any atom is 0.410 e. The Bertz CT molecular complexity index is 840. The average molecular weight is 409 g/mol. The van der Waals surface area contributed by atoms with E-state index < -0.39 is 11.5 Å². The van der Waals surface area contributed by atoms with Gasteiger partial charge in [0.25, 0.3) is 5.91 Å². The molecule has 25 heavy (non-hydrogen) atoms. The molecule has 1 aromatic heterocycles. The number of nitrogens with zero attached hydrogens (tertiary/aromatic N) is 3. The van der Waals surface area contributed by atoms with E-state index in [1.54, 1.807) is 17.0 Å². The highest BCUT2D eigenvalue weighted by atomic mass is 79.9. The van der Waals surface area contributed by atoms with Crippen LogP contribution in [0, 0.1) is 0 Å². The minimum atomic E-state index is -0.521. The quantitative estimate of drug-likeness (QED) is 0.826. The molecule has 1 saturated heterocycles. The summed E-state index contributed by atoms with van der Waals surface area (Å²) in [5.41, 5.74) is 5.87. The van der Waals surface area contributed by atoms with Gasteiger partial charge < -0.3 is 15.4 Å². The minimum Gasteiger partial charge on any atom is -0.444 e. The number of rotatable bonds is 2. The largest absolute Gasteiger partial charge is 0.444 e. The summed E-state index contributed by atoms with van der Waals surface area (Å²) in [6.45, 7) is 6.65. The van der Waals surface area contributed by atoms with Gasteiger partial charge in [-0.15, -0.1) is 0 Å². The Morgan fingerprint density at radius 1 is 1.36 bits per heavy atom. The summed E-state index contributed by atoms with van der Waals surface area (Å²) in [7, 11) is 0. The molecule has 8 heteroatoms. The van der Waals surface area contributed by atoms with Crippen LogP contribution in [0.25, 0.3) is 10.9 Å². The van der Waals surface area contributed by atoms with Crippen LogP contribution in [0.1, 0.15) is 43.6 Å². The highest BCUT2D eigenvalue weighted by Crippen LogP contribution is 2.32. The summed E-state index contributed by atoms with van der Waals surface area (Å²) < 4.78 is 8.03. The molecule has 1 aromatic carbocycles. The van der Waals surface area contributed by atoms with Crippen molar-refractivity contribution in [3.8, 4) is 0 Å². The van der Waals surface area contributed by atoms with Gasteiger partial charge >= 0.3 is 6.09 Å². The number of primary amides is 1. The average Bonchev–Trinajstić information content (AvgIpc) is 3.10. The third kappa shape index (κ3) is 3.49. The third-order valence-electron chi connectivity index (χ3n) is 4.09. The molecule has 0 radical (unpaired) electrons. The summed E-state index contributed by atoms with van der Waals surface area (Å²) in [6, 6.07) is 5.34. The van der Waals surface area contributed by atoms with Crippen LogP contribution in [0.3, 0.4) is 0 Å². The smallest absolute Gasteiger partial charge is 0.410 e. The molecule has 134 valence electrons. The first-order valence-corrected chi connectivity index (χ1v) is 8.91. The SMILES string of the molecule is CC(C)(C)OC(=O)N1CCC(n2nc3c(C(N)=O)cccc3c2Br)C1. The molecule has 0 bridgehead atoms. The van der Waals surface area contributed by atoms with E-state index in [1.165, 1.54) is 0 Å². The van der Waals surface area contributed by atoms with Crippen LogP contribution < -0.4 is 5.73 Å². The zero-order valence-electron chi connectivity index (χ0n) is 14.5. The summed E-state index contributed by atoms with van der Waals surface area (Å²) in [5, 5.41) is 5.40. The predicted octanol–water partition coefficient (Wildman–Crippen LogP) is 3.08. The fraction of sp³-hybridized carbons (Fsp3) is 0.471. The van der Waals surface area contributed by atoms with Gasteiger partial charge in [-0.1, -0.05) is 6.07 Å². The van der Waals surface area contributed by atoms with Crippen molar-refractivity contribution in [1.82, 2.24) is 14.7 Å². The summed E-state index contributed by atoms with van der Waals surface area (Å²) in [4.78, 5) is 25.5. The molecule has 7 nitrogen and oxygen atoms in total. The minimum absolute atomic E-state index is 0.00928. The maximum absolute atomic E-state index is 12.2. The molecule has 1 unspecified atom stereocenters. The number of aromatic nitrogens is 2. The van der Waals surface area contributed by atoms with Gasteiger partial charge in [-0.05, 0) is 55.3 Å². The van der Waals surface area contributed by atoms with Crippen molar-refractivity contribution < 1.29 is 14.3 Å². The van der Waals surface area contributed by atoms with Gasteiger partial charge in [0, 0.05) is 18.5 Å². The van der Waals surface area contributed by atoms with Gasteiger partial charge in [0.1, 0.15) is 15.7 Å². The van der Waals surface area contributed by atoms with Crippen LogP contribution in [-0.4, -0.2) is 45.4 Å². The highest BCUT2D eigenvalue weighted by Gasteiger charge is 2.32. The predicted molar refractivity (Wildman–Crippen MR) is 97.4 cm³/mol. The molecule has 2 N–H and O–H groups in total. The molecule has 1 aliphatic heterocycles. The van der Waals surface area contributed by atoms with Crippen molar-refractivity contribution in [2.75, 3.05) is 13.1 Å². The second kappa shape index (κ2) is 6.33. The lowest BCUT2D eigenvalue weighted by Crippen LogP contribution is -2.35. The van der Waals surface area contributed by atoms with E-state index in [-0.39, 0.29) is 12.1 Å². The molecule has 2 aromatic rings. The number of hydrogen-bond donors (Lipinski definition) is 1. The van der Waals surface area contributed by atoms with Gasteiger partial charge in [0.15, 0.2) is 0 Å². The normalized spacial score (nSPS) is 17.9. The van der Waals surface area contributed by atoms with Crippen LogP contribution in [0.4, 0.5) is 4.79 Å². The van der Waals surface area contributed by atoms with Crippen LogP contribution in [0.2, 0.25) is 0 Å². The Morgan fingerprint density at radius 2 is 2.08 bits per heavy atom. The van der Waals surface area contributed by atoms with Crippen molar-refractivity contribution in [2.24, 2.45) is 5.73 Å². The lowest BCUT2D eigenvalue weighted by Gasteiger charge is -2.24. The number of carbonyl (C=O) groups excluding carboxylic acids is 2. The van der Waals surface area contributed by atoms with Gasteiger partial charge in [-0.25, -0.2) is 4.79 Å². The lowest BCUT2D eigenvalue weighted by molar-refractivity contribution is 0.0288. The molecule has 2 amide bonds. The van der Waals surface area contributed by atoms with E-state index in [9.17, 15) is 9.59 Å². The van der Waals surface area contributed by atoms with E-state index in [2.05, 4.69) is 21.0 Å². The second-order valence-electron chi connectivity index (χ2n) is 7.17. The van der Waals surface area contributed by atoms with E-state index in [4.69, 9.17) is 10.5 Å². The van der Waals surface area contributed by atoms with Crippen LogP contribution in [-0.2, 0) is 4.74 Å². The summed E-state index contributed by atoms with van der Waals surface area (Å²) in [6.07, 6.45) is 0.443. The molecule has 1 fully saturated rings. The van der Waals surface area contributed by atoms with Crippen molar-refractivity contribution in [3.63, 3.8) is 0 Å². The van der Waals surface area contributed by atoms with E-state index >= 15 is 0 Å². The first kappa shape index (κ1) is 17.7. The Balaban J connectivity index is 1.86. The zero-order chi connectivity index (χ0) is 18.4. The molecular weight excluding hydrogens is 388 g/mol. The topological polar surface area (TPSA) is 90.4 Å². The Labute approximate surface area is 154 Å². The number of amides is 2. The maximum atomic E-state index is 12.2. The van der Waals surface area contributed by atoms with Gasteiger partial charge in [-0.3, -0.25) is 9.48 Å². The van der Waals surface area contributed by atoms with Crippen molar-refractivity contribution in [1.29, 1.82) is 0 Å². The van der Waals surface area contributed by atoms with Crippen LogP contribution in [0.5, 0.6) is 0 Å².